The number of rotatable bonds is 6. The van der Waals surface area contributed by atoms with E-state index in [0.29, 0.717) is 12.3 Å². The van der Waals surface area contributed by atoms with Gasteiger partial charge in [0, 0.05) is 0 Å². The fourth-order valence-corrected chi connectivity index (χ4v) is 2.16. The molecule has 2 atom stereocenters. The lowest BCUT2D eigenvalue weighted by Crippen LogP contribution is -2.42. The van der Waals surface area contributed by atoms with E-state index < -0.39 is 6.04 Å². The molecule has 4 heteroatoms. The first-order valence-corrected chi connectivity index (χ1v) is 6.85. The van der Waals surface area contributed by atoms with Crippen LogP contribution in [0.3, 0.4) is 0 Å². The quantitative estimate of drug-likeness (QED) is 0.824. The summed E-state index contributed by atoms with van der Waals surface area (Å²) in [6, 6.07) is 7.54. The number of hydrogen-bond donors (Lipinski definition) is 2. The molecule has 1 amide bonds. The number of benzene rings is 1. The number of hydrogen-bond acceptors (Lipinski definition) is 3. The highest BCUT2D eigenvalue weighted by molar-refractivity contribution is 5.81. The number of ether oxygens (including phenoxy) is 1. The van der Waals surface area contributed by atoms with Gasteiger partial charge in [0.1, 0.15) is 5.75 Å². The Hall–Kier alpha value is -1.55. The number of nitrogens with one attached hydrogen (secondary N) is 1. The van der Waals surface area contributed by atoms with Crippen molar-refractivity contribution < 1.29 is 9.53 Å². The van der Waals surface area contributed by atoms with Crippen LogP contribution >= 0.6 is 0 Å². The molecule has 1 aliphatic carbocycles. The zero-order valence-corrected chi connectivity index (χ0v) is 11.6. The molecule has 19 heavy (non-hydrogen) atoms. The van der Waals surface area contributed by atoms with Gasteiger partial charge in [0.05, 0.1) is 19.2 Å². The van der Waals surface area contributed by atoms with E-state index in [1.807, 2.05) is 31.2 Å². The van der Waals surface area contributed by atoms with Crippen LogP contribution in [-0.4, -0.2) is 19.1 Å². The smallest absolute Gasteiger partial charge is 0.237 e. The predicted octanol–water partition coefficient (Wildman–Crippen LogP) is 2.00. The Bertz CT molecular complexity index is 426. The van der Waals surface area contributed by atoms with E-state index in [2.05, 4.69) is 5.32 Å². The minimum absolute atomic E-state index is 0.0600. The molecule has 3 N–H and O–H groups in total. The topological polar surface area (TPSA) is 64.4 Å². The molecule has 1 aromatic rings. The van der Waals surface area contributed by atoms with Crippen LogP contribution in [0.4, 0.5) is 0 Å². The fourth-order valence-electron chi connectivity index (χ4n) is 2.16. The molecule has 0 radical (unpaired) electrons. The van der Waals surface area contributed by atoms with Gasteiger partial charge in [-0.2, -0.15) is 0 Å². The molecule has 1 fully saturated rings. The second-order valence-corrected chi connectivity index (χ2v) is 5.11. The van der Waals surface area contributed by atoms with Crippen molar-refractivity contribution in [3.8, 4) is 5.75 Å². The summed E-state index contributed by atoms with van der Waals surface area (Å²) in [7, 11) is 1.65. The Morgan fingerprint density at radius 1 is 1.42 bits per heavy atom. The van der Waals surface area contributed by atoms with Gasteiger partial charge < -0.3 is 15.8 Å². The third-order valence-electron chi connectivity index (χ3n) is 3.64. The highest BCUT2D eigenvalue weighted by Crippen LogP contribution is 2.41. The van der Waals surface area contributed by atoms with E-state index in [4.69, 9.17) is 10.5 Å². The summed E-state index contributed by atoms with van der Waals surface area (Å²) in [5.41, 5.74) is 6.90. The van der Waals surface area contributed by atoms with Gasteiger partial charge in [-0.3, -0.25) is 4.79 Å². The molecule has 4 nitrogen and oxygen atoms in total. The summed E-state index contributed by atoms with van der Waals surface area (Å²) in [4.78, 5) is 12.0. The molecule has 1 saturated carbocycles. The third-order valence-corrected chi connectivity index (χ3v) is 3.64. The monoisotopic (exact) mass is 262 g/mol. The lowest BCUT2D eigenvalue weighted by molar-refractivity contribution is -0.123. The van der Waals surface area contributed by atoms with Gasteiger partial charge in [-0.25, -0.2) is 0 Å². The van der Waals surface area contributed by atoms with Gasteiger partial charge in [0.25, 0.3) is 0 Å². The van der Waals surface area contributed by atoms with Crippen molar-refractivity contribution in [2.45, 2.75) is 38.3 Å². The molecule has 0 saturated heterocycles. The molecule has 0 aliphatic heterocycles. The van der Waals surface area contributed by atoms with Crippen molar-refractivity contribution in [1.29, 1.82) is 0 Å². The molecule has 104 valence electrons. The maximum absolute atomic E-state index is 12.0. The highest BCUT2D eigenvalue weighted by Gasteiger charge is 2.34. The van der Waals surface area contributed by atoms with Crippen molar-refractivity contribution in [1.82, 2.24) is 5.32 Å². The Balaban J connectivity index is 2.08. The first-order chi connectivity index (χ1) is 9.15. The van der Waals surface area contributed by atoms with E-state index in [1.54, 1.807) is 7.11 Å². The van der Waals surface area contributed by atoms with E-state index in [1.165, 1.54) is 12.8 Å². The second-order valence-electron chi connectivity index (χ2n) is 5.11. The molecular formula is C15H22N2O2. The zero-order valence-electron chi connectivity index (χ0n) is 11.6. The Morgan fingerprint density at radius 3 is 2.53 bits per heavy atom. The van der Waals surface area contributed by atoms with Crippen LogP contribution in [0.2, 0.25) is 0 Å². The summed E-state index contributed by atoms with van der Waals surface area (Å²) in [5, 5.41) is 3.08. The average molecular weight is 262 g/mol. The van der Waals surface area contributed by atoms with Crippen LogP contribution < -0.4 is 15.8 Å². The molecule has 2 rings (SSSR count). The molecule has 0 heterocycles. The summed E-state index contributed by atoms with van der Waals surface area (Å²) < 4.78 is 5.15. The van der Waals surface area contributed by atoms with Crippen LogP contribution in [0.5, 0.6) is 5.75 Å². The first kappa shape index (κ1) is 13.9. The largest absolute Gasteiger partial charge is 0.497 e. The van der Waals surface area contributed by atoms with Crippen molar-refractivity contribution >= 4 is 5.91 Å². The molecule has 1 unspecified atom stereocenters. The first-order valence-electron chi connectivity index (χ1n) is 6.85. The van der Waals surface area contributed by atoms with Crippen LogP contribution in [0.1, 0.15) is 37.8 Å². The number of nitrogens with two attached hydrogens (primary N) is 1. The van der Waals surface area contributed by atoms with Gasteiger partial charge in [-0.1, -0.05) is 19.1 Å². The molecule has 0 spiro atoms. The van der Waals surface area contributed by atoms with E-state index >= 15 is 0 Å². The van der Waals surface area contributed by atoms with Crippen molar-refractivity contribution in [3.63, 3.8) is 0 Å². The average Bonchev–Trinajstić information content (AvgIpc) is 3.28. The molecule has 0 aromatic heterocycles. The van der Waals surface area contributed by atoms with Gasteiger partial charge in [-0.15, -0.1) is 0 Å². The summed E-state index contributed by atoms with van der Waals surface area (Å²) in [6.45, 7) is 1.92. The maximum atomic E-state index is 12.0. The summed E-state index contributed by atoms with van der Waals surface area (Å²) in [6.07, 6.45) is 2.99. The van der Waals surface area contributed by atoms with Crippen molar-refractivity contribution in [2.75, 3.05) is 7.11 Å². The lowest BCUT2D eigenvalue weighted by atomic mass is 10.0. The summed E-state index contributed by atoms with van der Waals surface area (Å²) in [5.74, 6) is 1.31. The normalized spacial score (nSPS) is 17.6. The highest BCUT2D eigenvalue weighted by atomic mass is 16.5. The van der Waals surface area contributed by atoms with Gasteiger partial charge in [-0.05, 0) is 42.9 Å². The number of amides is 1. The number of carbonyl (C=O) groups is 1. The van der Waals surface area contributed by atoms with Crippen molar-refractivity contribution in [3.05, 3.63) is 29.8 Å². The Kier molecular flexibility index (Phi) is 4.43. The van der Waals surface area contributed by atoms with Gasteiger partial charge >= 0.3 is 0 Å². The maximum Gasteiger partial charge on any atom is 0.237 e. The zero-order chi connectivity index (χ0) is 13.8. The minimum Gasteiger partial charge on any atom is -0.497 e. The standard InChI is InChI=1S/C15H22N2O2/c1-3-13(16)15(18)17-14(10-4-5-10)11-6-8-12(19-2)9-7-11/h6-10,13-14H,3-5,16H2,1-2H3,(H,17,18)/t13-,14?/m1/s1. The Morgan fingerprint density at radius 2 is 2.05 bits per heavy atom. The molecular weight excluding hydrogens is 240 g/mol. The molecule has 1 aromatic carbocycles. The number of methoxy groups -OCH3 is 1. The fraction of sp³-hybridized carbons (Fsp3) is 0.533. The van der Waals surface area contributed by atoms with Crippen LogP contribution in [0.15, 0.2) is 24.3 Å². The molecule has 1 aliphatic rings. The SMILES string of the molecule is CC[C@@H](N)C(=O)NC(c1ccc(OC)cc1)C1CC1. The van der Waals surface area contributed by atoms with Gasteiger partial charge in [0.15, 0.2) is 0 Å². The molecule has 0 bridgehead atoms. The van der Waals surface area contributed by atoms with E-state index in [-0.39, 0.29) is 11.9 Å². The second kappa shape index (κ2) is 6.06. The Labute approximate surface area is 114 Å². The van der Waals surface area contributed by atoms with E-state index in [9.17, 15) is 4.79 Å². The summed E-state index contributed by atoms with van der Waals surface area (Å²) >= 11 is 0. The predicted molar refractivity (Wildman–Crippen MR) is 74.9 cm³/mol. The number of carbonyl (C=O) groups excluding carboxylic acids is 1. The third kappa shape index (κ3) is 3.47. The lowest BCUT2D eigenvalue weighted by Gasteiger charge is -2.21. The van der Waals surface area contributed by atoms with Crippen molar-refractivity contribution in [2.24, 2.45) is 11.7 Å². The van der Waals surface area contributed by atoms with Crippen LogP contribution in [0, 0.1) is 5.92 Å². The van der Waals surface area contributed by atoms with E-state index in [0.717, 1.165) is 11.3 Å². The van der Waals surface area contributed by atoms with Gasteiger partial charge in [0.2, 0.25) is 5.91 Å². The van der Waals surface area contributed by atoms with Crippen LogP contribution in [0.25, 0.3) is 0 Å². The van der Waals surface area contributed by atoms with Crippen LogP contribution in [-0.2, 0) is 4.79 Å². The minimum atomic E-state index is -0.417.